The summed E-state index contributed by atoms with van der Waals surface area (Å²) in [6.07, 6.45) is 0.723. The van der Waals surface area contributed by atoms with Crippen molar-refractivity contribution < 1.29 is 9.90 Å². The first-order valence-electron chi connectivity index (χ1n) is 8.15. The molecule has 0 bridgehead atoms. The van der Waals surface area contributed by atoms with E-state index in [-0.39, 0.29) is 6.04 Å². The monoisotopic (exact) mass is 332 g/mol. The second kappa shape index (κ2) is 5.95. The van der Waals surface area contributed by atoms with Crippen LogP contribution in [0.3, 0.4) is 0 Å². The Hall–Kier alpha value is -3.33. The highest BCUT2D eigenvalue weighted by Gasteiger charge is 2.31. The average Bonchev–Trinajstić information content (AvgIpc) is 3.27. The molecule has 1 fully saturated rings. The number of carboxylic acid groups (broad SMARTS) is 1. The average molecular weight is 332 g/mol. The number of carbonyl (C=O) groups is 1. The van der Waals surface area contributed by atoms with Gasteiger partial charge in [-0.3, -0.25) is 4.90 Å². The van der Waals surface area contributed by atoms with Gasteiger partial charge in [0.15, 0.2) is 0 Å². The molecule has 0 unspecified atom stereocenters. The zero-order chi connectivity index (χ0) is 17.4. The molecule has 0 aliphatic carbocycles. The Kier molecular flexibility index (Phi) is 3.62. The number of aromatic nitrogens is 2. The number of nitrogens with zero attached hydrogens (tertiary/aromatic N) is 3. The Morgan fingerprint density at radius 3 is 2.92 bits per heavy atom. The molecule has 1 aromatic heterocycles. The molecule has 1 saturated heterocycles. The van der Waals surface area contributed by atoms with Gasteiger partial charge in [-0.05, 0) is 48.2 Å². The molecular formula is C19H16N4O2. The van der Waals surface area contributed by atoms with Crippen molar-refractivity contribution in [1.29, 1.82) is 5.26 Å². The van der Waals surface area contributed by atoms with Crippen LogP contribution < -0.4 is 0 Å². The van der Waals surface area contributed by atoms with E-state index >= 15 is 0 Å². The molecule has 2 heterocycles. The van der Waals surface area contributed by atoms with Gasteiger partial charge in [0.2, 0.25) is 0 Å². The van der Waals surface area contributed by atoms with Gasteiger partial charge in [-0.2, -0.15) is 5.26 Å². The molecular weight excluding hydrogens is 316 g/mol. The highest BCUT2D eigenvalue weighted by atomic mass is 16.4. The zero-order valence-corrected chi connectivity index (χ0v) is 13.4. The van der Waals surface area contributed by atoms with Crippen LogP contribution in [0.2, 0.25) is 0 Å². The molecule has 1 aliphatic heterocycles. The number of nitrogens with one attached hydrogen (secondary N) is 1. The van der Waals surface area contributed by atoms with Gasteiger partial charge in [-0.15, -0.1) is 0 Å². The SMILES string of the molecule is N#Cc1cccc(-c2ccc3nc([C@@H]4CCCN4C(=O)O)[nH]c3c2)c1. The largest absolute Gasteiger partial charge is 0.465 e. The smallest absolute Gasteiger partial charge is 0.407 e. The third-order valence-corrected chi connectivity index (χ3v) is 4.64. The Morgan fingerprint density at radius 1 is 1.28 bits per heavy atom. The molecule has 25 heavy (non-hydrogen) atoms. The number of amides is 1. The Bertz CT molecular complexity index is 1000. The highest BCUT2D eigenvalue weighted by Crippen LogP contribution is 2.32. The minimum atomic E-state index is -0.906. The summed E-state index contributed by atoms with van der Waals surface area (Å²) >= 11 is 0. The first kappa shape index (κ1) is 15.2. The van der Waals surface area contributed by atoms with Crippen molar-refractivity contribution in [2.24, 2.45) is 0 Å². The minimum Gasteiger partial charge on any atom is -0.465 e. The molecule has 6 nitrogen and oxygen atoms in total. The quantitative estimate of drug-likeness (QED) is 0.744. The predicted octanol–water partition coefficient (Wildman–Crippen LogP) is 3.92. The molecule has 1 atom stereocenters. The van der Waals surface area contributed by atoms with Gasteiger partial charge >= 0.3 is 6.09 Å². The van der Waals surface area contributed by atoms with Gasteiger partial charge in [0, 0.05) is 6.54 Å². The Labute approximate surface area is 144 Å². The van der Waals surface area contributed by atoms with Crippen molar-refractivity contribution in [1.82, 2.24) is 14.9 Å². The van der Waals surface area contributed by atoms with Crippen LogP contribution in [-0.4, -0.2) is 32.6 Å². The second-order valence-corrected chi connectivity index (χ2v) is 6.18. The van der Waals surface area contributed by atoms with Crippen molar-refractivity contribution in [3.8, 4) is 17.2 Å². The van der Waals surface area contributed by atoms with Crippen molar-refractivity contribution in [3.63, 3.8) is 0 Å². The lowest BCUT2D eigenvalue weighted by Crippen LogP contribution is -2.29. The zero-order valence-electron chi connectivity index (χ0n) is 13.4. The second-order valence-electron chi connectivity index (χ2n) is 6.18. The summed E-state index contributed by atoms with van der Waals surface area (Å²) in [5, 5.41) is 18.4. The Balaban J connectivity index is 1.72. The number of imidazole rings is 1. The molecule has 0 radical (unpaired) electrons. The first-order chi connectivity index (χ1) is 12.2. The molecule has 0 spiro atoms. The molecule has 1 amide bonds. The van der Waals surface area contributed by atoms with E-state index in [1.807, 2.05) is 36.4 Å². The topological polar surface area (TPSA) is 93.0 Å². The lowest BCUT2D eigenvalue weighted by molar-refractivity contribution is 0.139. The molecule has 0 saturated carbocycles. The predicted molar refractivity (Wildman–Crippen MR) is 93.0 cm³/mol. The normalized spacial score (nSPS) is 16.9. The summed E-state index contributed by atoms with van der Waals surface area (Å²) in [7, 11) is 0. The number of benzene rings is 2. The fraction of sp³-hybridized carbons (Fsp3) is 0.211. The van der Waals surface area contributed by atoms with Gasteiger partial charge in [0.1, 0.15) is 5.82 Å². The number of aromatic amines is 1. The fourth-order valence-electron chi connectivity index (χ4n) is 3.41. The van der Waals surface area contributed by atoms with Gasteiger partial charge in [0.25, 0.3) is 0 Å². The van der Waals surface area contributed by atoms with Crippen LogP contribution >= 0.6 is 0 Å². The number of rotatable bonds is 2. The van der Waals surface area contributed by atoms with Gasteiger partial charge in [0.05, 0.1) is 28.7 Å². The van der Waals surface area contributed by atoms with Crippen molar-refractivity contribution in [2.45, 2.75) is 18.9 Å². The van der Waals surface area contributed by atoms with E-state index in [0.717, 1.165) is 35.0 Å². The lowest BCUT2D eigenvalue weighted by Gasteiger charge is -2.19. The molecule has 1 aliphatic rings. The maximum Gasteiger partial charge on any atom is 0.407 e. The number of H-pyrrole nitrogens is 1. The summed E-state index contributed by atoms with van der Waals surface area (Å²) in [4.78, 5) is 20.7. The summed E-state index contributed by atoms with van der Waals surface area (Å²) < 4.78 is 0. The van der Waals surface area contributed by atoms with Crippen LogP contribution in [-0.2, 0) is 0 Å². The third-order valence-electron chi connectivity index (χ3n) is 4.64. The van der Waals surface area contributed by atoms with Crippen LogP contribution in [0.15, 0.2) is 42.5 Å². The van der Waals surface area contributed by atoms with Crippen LogP contribution in [0, 0.1) is 11.3 Å². The van der Waals surface area contributed by atoms with Crippen molar-refractivity contribution >= 4 is 17.1 Å². The molecule has 6 heteroatoms. The number of hydrogen-bond donors (Lipinski definition) is 2. The van der Waals surface area contributed by atoms with E-state index in [9.17, 15) is 9.90 Å². The molecule has 124 valence electrons. The number of likely N-dealkylation sites (tertiary alicyclic amines) is 1. The van der Waals surface area contributed by atoms with E-state index in [1.165, 1.54) is 4.90 Å². The summed E-state index contributed by atoms with van der Waals surface area (Å²) in [6, 6.07) is 15.3. The van der Waals surface area contributed by atoms with E-state index in [1.54, 1.807) is 6.07 Å². The maximum atomic E-state index is 11.4. The first-order valence-corrected chi connectivity index (χ1v) is 8.15. The van der Waals surface area contributed by atoms with Crippen LogP contribution in [0.1, 0.15) is 30.3 Å². The van der Waals surface area contributed by atoms with E-state index in [0.29, 0.717) is 17.9 Å². The number of nitriles is 1. The van der Waals surface area contributed by atoms with Crippen LogP contribution in [0.25, 0.3) is 22.2 Å². The van der Waals surface area contributed by atoms with Gasteiger partial charge < -0.3 is 10.1 Å². The van der Waals surface area contributed by atoms with Crippen molar-refractivity contribution in [3.05, 3.63) is 53.9 Å². The molecule has 2 N–H and O–H groups in total. The number of hydrogen-bond acceptors (Lipinski definition) is 3. The summed E-state index contributed by atoms with van der Waals surface area (Å²) in [5.74, 6) is 0.692. The maximum absolute atomic E-state index is 11.4. The molecule has 4 rings (SSSR count). The minimum absolute atomic E-state index is 0.213. The highest BCUT2D eigenvalue weighted by molar-refractivity contribution is 5.82. The van der Waals surface area contributed by atoms with Crippen molar-refractivity contribution in [2.75, 3.05) is 6.54 Å². The van der Waals surface area contributed by atoms with Crippen LogP contribution in [0.5, 0.6) is 0 Å². The lowest BCUT2D eigenvalue weighted by atomic mass is 10.0. The summed E-state index contributed by atoms with van der Waals surface area (Å²) in [5.41, 5.74) is 4.25. The Morgan fingerprint density at radius 2 is 2.12 bits per heavy atom. The fourth-order valence-corrected chi connectivity index (χ4v) is 3.41. The molecule has 3 aromatic rings. The summed E-state index contributed by atoms with van der Waals surface area (Å²) in [6.45, 7) is 0.545. The van der Waals surface area contributed by atoms with Crippen LogP contribution in [0.4, 0.5) is 4.79 Å². The van der Waals surface area contributed by atoms with E-state index < -0.39 is 6.09 Å². The van der Waals surface area contributed by atoms with Gasteiger partial charge in [-0.1, -0.05) is 18.2 Å². The number of fused-ring (bicyclic) bond motifs is 1. The molecule has 2 aromatic carbocycles. The standard InChI is InChI=1S/C19H16N4O2/c20-11-12-3-1-4-13(9-12)14-6-7-15-16(10-14)22-18(21-15)17-5-2-8-23(17)19(24)25/h1,3-4,6-7,9-10,17H,2,5,8H2,(H,21,22)(H,24,25)/t17-/m0/s1. The van der Waals surface area contributed by atoms with Gasteiger partial charge in [-0.25, -0.2) is 9.78 Å². The van der Waals surface area contributed by atoms with E-state index in [2.05, 4.69) is 16.0 Å². The third kappa shape index (κ3) is 2.70. The van der Waals surface area contributed by atoms with E-state index in [4.69, 9.17) is 5.26 Å².